The second kappa shape index (κ2) is 6.33. The molecule has 1 aromatic carbocycles. The summed E-state index contributed by atoms with van der Waals surface area (Å²) in [5.74, 6) is 0.418. The lowest BCUT2D eigenvalue weighted by atomic mass is 9.78. The highest BCUT2D eigenvalue weighted by Crippen LogP contribution is 2.40. The van der Waals surface area contributed by atoms with Gasteiger partial charge in [-0.1, -0.05) is 59.2 Å². The van der Waals surface area contributed by atoms with Gasteiger partial charge >= 0.3 is 0 Å². The van der Waals surface area contributed by atoms with E-state index in [2.05, 4.69) is 65.8 Å². The lowest BCUT2D eigenvalue weighted by Gasteiger charge is -2.27. The minimum Gasteiger partial charge on any atom is -0.507 e. The molecule has 23 heavy (non-hydrogen) atoms. The van der Waals surface area contributed by atoms with Crippen molar-refractivity contribution in [1.82, 2.24) is 0 Å². The molecule has 0 aliphatic carbocycles. The van der Waals surface area contributed by atoms with Gasteiger partial charge in [0.1, 0.15) is 5.75 Å². The molecule has 2 rings (SSSR count). The largest absolute Gasteiger partial charge is 0.507 e. The van der Waals surface area contributed by atoms with E-state index < -0.39 is 0 Å². The Kier molecular flexibility index (Phi) is 4.98. The highest BCUT2D eigenvalue weighted by atomic mass is 35.5. The molecule has 2 aromatic rings. The minimum absolute atomic E-state index is 0.111. The van der Waals surface area contributed by atoms with Crippen LogP contribution in [-0.4, -0.2) is 5.11 Å². The first-order valence-corrected chi connectivity index (χ1v) is 8.99. The van der Waals surface area contributed by atoms with Gasteiger partial charge in [0.25, 0.3) is 0 Å². The summed E-state index contributed by atoms with van der Waals surface area (Å²) in [5, 5.41) is 10.7. The number of halogens is 1. The van der Waals surface area contributed by atoms with E-state index in [1.54, 1.807) is 11.3 Å². The van der Waals surface area contributed by atoms with E-state index in [0.29, 0.717) is 5.75 Å². The Labute approximate surface area is 148 Å². The summed E-state index contributed by atoms with van der Waals surface area (Å²) in [4.78, 5) is 1.12. The third kappa shape index (κ3) is 4.39. The molecule has 0 saturated heterocycles. The summed E-state index contributed by atoms with van der Waals surface area (Å²) in [6.45, 7) is 12.8. The molecule has 0 bridgehead atoms. The predicted molar refractivity (Wildman–Crippen MR) is 104 cm³/mol. The van der Waals surface area contributed by atoms with Gasteiger partial charge in [0.05, 0.1) is 4.34 Å². The summed E-state index contributed by atoms with van der Waals surface area (Å²) < 4.78 is 0.793. The quantitative estimate of drug-likeness (QED) is 0.627. The average Bonchev–Trinajstić information content (AvgIpc) is 2.80. The van der Waals surface area contributed by atoms with Crippen LogP contribution in [0.15, 0.2) is 24.3 Å². The third-order valence-electron chi connectivity index (χ3n) is 3.78. The lowest BCUT2D eigenvalue weighted by Crippen LogP contribution is -2.17. The van der Waals surface area contributed by atoms with Crippen molar-refractivity contribution in [3.8, 4) is 5.75 Å². The first-order chi connectivity index (χ1) is 10.5. The maximum absolute atomic E-state index is 10.7. The molecule has 1 nitrogen and oxygen atoms in total. The molecular formula is C20H25ClOS. The van der Waals surface area contributed by atoms with Gasteiger partial charge in [0, 0.05) is 16.0 Å². The third-order valence-corrected chi connectivity index (χ3v) is 4.98. The Balaban J connectivity index is 2.53. The van der Waals surface area contributed by atoms with Gasteiger partial charge in [-0.25, -0.2) is 0 Å². The van der Waals surface area contributed by atoms with E-state index in [1.807, 2.05) is 12.1 Å². The first kappa shape index (κ1) is 18.1. The highest BCUT2D eigenvalue weighted by molar-refractivity contribution is 7.17. The number of hydrogen-bond acceptors (Lipinski definition) is 2. The van der Waals surface area contributed by atoms with Gasteiger partial charge in [-0.2, -0.15) is 0 Å². The van der Waals surface area contributed by atoms with Gasteiger partial charge in [-0.3, -0.25) is 0 Å². The normalized spacial score (nSPS) is 13.0. The van der Waals surface area contributed by atoms with E-state index in [4.69, 9.17) is 11.6 Å². The van der Waals surface area contributed by atoms with Crippen LogP contribution in [0.1, 0.15) is 63.1 Å². The zero-order valence-corrected chi connectivity index (χ0v) is 16.3. The van der Waals surface area contributed by atoms with Crippen molar-refractivity contribution in [3.05, 3.63) is 50.2 Å². The molecule has 0 aliphatic heterocycles. The summed E-state index contributed by atoms with van der Waals surface area (Å²) in [7, 11) is 0. The van der Waals surface area contributed by atoms with Crippen LogP contribution in [0.4, 0.5) is 0 Å². The van der Waals surface area contributed by atoms with Crippen LogP contribution in [0.3, 0.4) is 0 Å². The van der Waals surface area contributed by atoms with Crippen LogP contribution >= 0.6 is 22.9 Å². The fraction of sp³-hybridized carbons (Fsp3) is 0.400. The fourth-order valence-corrected chi connectivity index (χ4v) is 3.46. The SMILES string of the molecule is CC(C)(C)c1cc(/C=C/c2ccc(Cl)s2)cc(C(C)(C)C)c1O. The van der Waals surface area contributed by atoms with Gasteiger partial charge in [-0.05, 0) is 46.7 Å². The lowest BCUT2D eigenvalue weighted by molar-refractivity contribution is 0.423. The number of aromatic hydroxyl groups is 1. The number of thiophene rings is 1. The average molecular weight is 349 g/mol. The van der Waals surface area contributed by atoms with Crippen LogP contribution in [0.5, 0.6) is 5.75 Å². The van der Waals surface area contributed by atoms with Crippen molar-refractivity contribution >= 4 is 35.1 Å². The van der Waals surface area contributed by atoms with Crippen molar-refractivity contribution in [2.45, 2.75) is 52.4 Å². The van der Waals surface area contributed by atoms with Crippen LogP contribution in [0.2, 0.25) is 4.34 Å². The van der Waals surface area contributed by atoms with Crippen molar-refractivity contribution in [2.24, 2.45) is 0 Å². The summed E-state index contributed by atoms with van der Waals surface area (Å²) in [6, 6.07) is 8.08. The Morgan fingerprint density at radius 3 is 1.83 bits per heavy atom. The van der Waals surface area contributed by atoms with Crippen LogP contribution in [0.25, 0.3) is 12.2 Å². The second-order valence-electron chi connectivity index (χ2n) is 7.94. The van der Waals surface area contributed by atoms with E-state index in [0.717, 1.165) is 25.9 Å². The van der Waals surface area contributed by atoms with E-state index in [9.17, 15) is 5.11 Å². The van der Waals surface area contributed by atoms with Crippen molar-refractivity contribution < 1.29 is 5.11 Å². The Morgan fingerprint density at radius 1 is 0.913 bits per heavy atom. The molecule has 1 aromatic heterocycles. The molecule has 1 heterocycles. The Hall–Kier alpha value is -1.25. The van der Waals surface area contributed by atoms with Crippen molar-refractivity contribution in [1.29, 1.82) is 0 Å². The van der Waals surface area contributed by atoms with Crippen molar-refractivity contribution in [3.63, 3.8) is 0 Å². The standard InChI is InChI=1S/C20H25ClOS/c1-19(2,3)15-11-13(7-8-14-9-10-17(21)23-14)12-16(18(15)22)20(4,5)6/h7-12,22H,1-6H3/b8-7+. The highest BCUT2D eigenvalue weighted by Gasteiger charge is 2.26. The molecule has 124 valence electrons. The van der Waals surface area contributed by atoms with E-state index in [-0.39, 0.29) is 10.8 Å². The summed E-state index contributed by atoms with van der Waals surface area (Å²) >= 11 is 7.54. The molecule has 0 atom stereocenters. The summed E-state index contributed by atoms with van der Waals surface area (Å²) in [6.07, 6.45) is 4.16. The molecule has 0 aliphatic rings. The monoisotopic (exact) mass is 348 g/mol. The fourth-order valence-electron chi connectivity index (χ4n) is 2.49. The maximum atomic E-state index is 10.7. The number of phenolic OH excluding ortho intramolecular Hbond substituents is 1. The number of benzene rings is 1. The van der Waals surface area contributed by atoms with Gasteiger partial charge in [0.2, 0.25) is 0 Å². The smallest absolute Gasteiger partial charge is 0.123 e. The number of rotatable bonds is 2. The second-order valence-corrected chi connectivity index (χ2v) is 9.69. The minimum atomic E-state index is -0.111. The molecule has 0 unspecified atom stereocenters. The van der Waals surface area contributed by atoms with Crippen molar-refractivity contribution in [2.75, 3.05) is 0 Å². The topological polar surface area (TPSA) is 20.2 Å². The number of phenols is 1. The Bertz CT molecular complexity index is 692. The summed E-state index contributed by atoms with van der Waals surface area (Å²) in [5.41, 5.74) is 2.84. The molecule has 0 radical (unpaired) electrons. The molecule has 0 saturated carbocycles. The zero-order chi connectivity index (χ0) is 17.4. The molecular weight excluding hydrogens is 324 g/mol. The molecule has 1 N–H and O–H groups in total. The molecule has 3 heteroatoms. The van der Waals surface area contributed by atoms with Gasteiger partial charge in [-0.15, -0.1) is 11.3 Å². The van der Waals surface area contributed by atoms with Crippen LogP contribution in [-0.2, 0) is 10.8 Å². The first-order valence-electron chi connectivity index (χ1n) is 7.80. The number of hydrogen-bond donors (Lipinski definition) is 1. The predicted octanol–water partition coefficient (Wildman–Crippen LogP) is 6.87. The van der Waals surface area contributed by atoms with E-state index >= 15 is 0 Å². The molecule has 0 fully saturated rings. The molecule has 0 amide bonds. The van der Waals surface area contributed by atoms with Gasteiger partial charge in [0.15, 0.2) is 0 Å². The van der Waals surface area contributed by atoms with Crippen LogP contribution < -0.4 is 0 Å². The maximum Gasteiger partial charge on any atom is 0.123 e. The molecule has 0 spiro atoms. The Morgan fingerprint density at radius 2 is 1.43 bits per heavy atom. The van der Waals surface area contributed by atoms with Crippen LogP contribution in [0, 0.1) is 0 Å². The van der Waals surface area contributed by atoms with Gasteiger partial charge < -0.3 is 5.11 Å². The zero-order valence-electron chi connectivity index (χ0n) is 14.7. The van der Waals surface area contributed by atoms with E-state index in [1.165, 1.54) is 0 Å².